The summed E-state index contributed by atoms with van der Waals surface area (Å²) in [5.74, 6) is -1.55. The molecule has 1 unspecified atom stereocenters. The highest BCUT2D eigenvalue weighted by Crippen LogP contribution is 2.31. The van der Waals surface area contributed by atoms with Crippen molar-refractivity contribution in [1.29, 1.82) is 0 Å². The fraction of sp³-hybridized carbons (Fsp3) is 0.800. The molecule has 0 fully saturated rings. The predicted molar refractivity (Wildman–Crippen MR) is 36.2 cm³/mol. The van der Waals surface area contributed by atoms with Crippen LogP contribution in [0.4, 0.5) is 17.6 Å². The van der Waals surface area contributed by atoms with Crippen LogP contribution in [0.5, 0.6) is 0 Å². The molecule has 0 aliphatic heterocycles. The van der Waals surface area contributed by atoms with Gasteiger partial charge in [0.05, 0.1) is 0 Å². The maximum Gasteiger partial charge on any atom is 0.375 e. The highest BCUT2D eigenvalue weighted by Gasteiger charge is 2.54. The van der Waals surface area contributed by atoms with Crippen molar-refractivity contribution in [2.75, 3.05) is 0 Å². The van der Waals surface area contributed by atoms with Crippen LogP contribution < -0.4 is 0 Å². The number of carbonyl (C=O) groups is 1. The molecule has 0 N–H and O–H groups in total. The lowest BCUT2D eigenvalue weighted by atomic mass is 10.4. The lowest BCUT2D eigenvalue weighted by Crippen LogP contribution is -2.47. The largest absolute Gasteiger partial charge is 0.743 e. The summed E-state index contributed by atoms with van der Waals surface area (Å²) in [5, 5.41) is -5.37. The number of hydrogen-bond acceptors (Lipinski definition) is 5. The van der Waals surface area contributed by atoms with E-state index in [0.717, 1.165) is 0 Å². The fourth-order valence-corrected chi connectivity index (χ4v) is 1.02. The SMILES string of the molecule is CC(=O)OC(C(F)F)C(F)(F)S(=O)(=O)[O-]. The van der Waals surface area contributed by atoms with Crippen LogP contribution >= 0.6 is 0 Å². The zero-order valence-corrected chi connectivity index (χ0v) is 7.93. The summed E-state index contributed by atoms with van der Waals surface area (Å²) in [6, 6.07) is 0. The van der Waals surface area contributed by atoms with Gasteiger partial charge in [0.2, 0.25) is 6.10 Å². The Morgan fingerprint density at radius 2 is 1.80 bits per heavy atom. The van der Waals surface area contributed by atoms with Crippen molar-refractivity contribution in [3.05, 3.63) is 0 Å². The minimum Gasteiger partial charge on any atom is -0.743 e. The van der Waals surface area contributed by atoms with Gasteiger partial charge in [-0.25, -0.2) is 17.2 Å². The Morgan fingerprint density at radius 3 is 2.00 bits per heavy atom. The fourth-order valence-electron chi connectivity index (χ4n) is 0.588. The van der Waals surface area contributed by atoms with E-state index in [0.29, 0.717) is 6.92 Å². The van der Waals surface area contributed by atoms with Crippen molar-refractivity contribution in [1.82, 2.24) is 0 Å². The van der Waals surface area contributed by atoms with E-state index in [1.54, 1.807) is 0 Å². The van der Waals surface area contributed by atoms with Crippen molar-refractivity contribution in [2.45, 2.75) is 24.7 Å². The minimum atomic E-state index is -6.33. The molecule has 0 bridgehead atoms. The molecule has 0 aromatic carbocycles. The van der Waals surface area contributed by atoms with Crippen LogP contribution in [-0.2, 0) is 19.6 Å². The predicted octanol–water partition coefficient (Wildman–Crippen LogP) is 0.321. The Bertz CT molecular complexity index is 337. The van der Waals surface area contributed by atoms with E-state index >= 15 is 0 Å². The van der Waals surface area contributed by atoms with Gasteiger partial charge in [-0.15, -0.1) is 0 Å². The molecular formula is C5H5F4O5S-. The van der Waals surface area contributed by atoms with Gasteiger partial charge < -0.3 is 9.29 Å². The molecular weight excluding hydrogens is 248 g/mol. The molecule has 0 aliphatic carbocycles. The van der Waals surface area contributed by atoms with Gasteiger partial charge in [-0.1, -0.05) is 0 Å². The van der Waals surface area contributed by atoms with Gasteiger partial charge in [-0.3, -0.25) is 4.79 Å². The average molecular weight is 253 g/mol. The highest BCUT2D eigenvalue weighted by molar-refractivity contribution is 7.86. The molecule has 0 heterocycles. The Hall–Kier alpha value is -0.900. The van der Waals surface area contributed by atoms with Crippen molar-refractivity contribution in [3.63, 3.8) is 0 Å². The Balaban J connectivity index is 5.17. The van der Waals surface area contributed by atoms with Gasteiger partial charge in [-0.2, -0.15) is 8.78 Å². The van der Waals surface area contributed by atoms with Crippen LogP contribution in [0.1, 0.15) is 6.92 Å². The van der Waals surface area contributed by atoms with Gasteiger partial charge in [0.25, 0.3) is 6.43 Å². The second kappa shape index (κ2) is 4.31. The van der Waals surface area contributed by atoms with E-state index in [-0.39, 0.29) is 0 Å². The van der Waals surface area contributed by atoms with Gasteiger partial charge >= 0.3 is 11.2 Å². The molecule has 90 valence electrons. The molecule has 0 aromatic heterocycles. The maximum atomic E-state index is 12.5. The quantitative estimate of drug-likeness (QED) is 0.409. The first kappa shape index (κ1) is 14.1. The maximum absolute atomic E-state index is 12.5. The number of alkyl halides is 4. The summed E-state index contributed by atoms with van der Waals surface area (Å²) >= 11 is 0. The Morgan fingerprint density at radius 1 is 1.40 bits per heavy atom. The Kier molecular flexibility index (Phi) is 4.05. The number of esters is 1. The molecule has 0 saturated heterocycles. The van der Waals surface area contributed by atoms with Crippen LogP contribution in [0.3, 0.4) is 0 Å². The summed E-state index contributed by atoms with van der Waals surface area (Å²) < 4.78 is 82.2. The number of carbonyl (C=O) groups excluding carboxylic acids is 1. The summed E-state index contributed by atoms with van der Waals surface area (Å²) in [6.45, 7) is 0.517. The van der Waals surface area contributed by atoms with Crippen molar-refractivity contribution in [3.8, 4) is 0 Å². The van der Waals surface area contributed by atoms with Crippen LogP contribution in [0.25, 0.3) is 0 Å². The first-order valence-electron chi connectivity index (χ1n) is 3.28. The number of rotatable bonds is 4. The van der Waals surface area contributed by atoms with Crippen LogP contribution in [-0.4, -0.2) is 36.7 Å². The number of halogens is 4. The molecule has 0 amide bonds. The molecule has 0 aromatic rings. The van der Waals surface area contributed by atoms with Gasteiger partial charge in [0.1, 0.15) is 0 Å². The van der Waals surface area contributed by atoms with Crippen LogP contribution in [0.15, 0.2) is 0 Å². The third-order valence-electron chi connectivity index (χ3n) is 1.19. The smallest absolute Gasteiger partial charge is 0.375 e. The van der Waals surface area contributed by atoms with Crippen molar-refractivity contribution < 1.29 is 40.1 Å². The second-order valence-corrected chi connectivity index (χ2v) is 3.83. The first-order chi connectivity index (χ1) is 6.50. The van der Waals surface area contributed by atoms with E-state index in [1.807, 2.05) is 0 Å². The Labute approximate surface area is 81.8 Å². The topological polar surface area (TPSA) is 83.5 Å². The van der Waals surface area contributed by atoms with E-state index in [4.69, 9.17) is 0 Å². The molecule has 10 heteroatoms. The number of ether oxygens (including phenoxy) is 1. The van der Waals surface area contributed by atoms with E-state index in [1.165, 1.54) is 0 Å². The molecule has 5 nitrogen and oxygen atoms in total. The normalized spacial score (nSPS) is 15.1. The highest BCUT2D eigenvalue weighted by atomic mass is 32.2. The van der Waals surface area contributed by atoms with Gasteiger partial charge in [0.15, 0.2) is 10.1 Å². The third kappa shape index (κ3) is 3.30. The third-order valence-corrected chi connectivity index (χ3v) is 2.09. The summed E-state index contributed by atoms with van der Waals surface area (Å²) in [5.41, 5.74) is 0. The molecule has 0 aliphatic rings. The van der Waals surface area contributed by atoms with Crippen molar-refractivity contribution in [2.24, 2.45) is 0 Å². The van der Waals surface area contributed by atoms with Crippen LogP contribution in [0, 0.1) is 0 Å². The first-order valence-corrected chi connectivity index (χ1v) is 4.69. The van der Waals surface area contributed by atoms with E-state index < -0.39 is 33.9 Å². The summed E-state index contributed by atoms with van der Waals surface area (Å²) in [7, 11) is -6.33. The second-order valence-electron chi connectivity index (χ2n) is 2.38. The summed E-state index contributed by atoms with van der Waals surface area (Å²) in [4.78, 5) is 10.1. The summed E-state index contributed by atoms with van der Waals surface area (Å²) in [6.07, 6.45) is -7.59. The van der Waals surface area contributed by atoms with Crippen LogP contribution in [0.2, 0.25) is 0 Å². The van der Waals surface area contributed by atoms with E-state index in [2.05, 4.69) is 4.74 Å². The number of hydrogen-bond donors (Lipinski definition) is 0. The lowest BCUT2D eigenvalue weighted by Gasteiger charge is -2.27. The average Bonchev–Trinajstić information content (AvgIpc) is 1.96. The van der Waals surface area contributed by atoms with Gasteiger partial charge in [0, 0.05) is 6.92 Å². The minimum absolute atomic E-state index is 0.517. The molecule has 0 spiro atoms. The monoisotopic (exact) mass is 253 g/mol. The van der Waals surface area contributed by atoms with E-state index in [9.17, 15) is 35.3 Å². The van der Waals surface area contributed by atoms with Crippen molar-refractivity contribution >= 4 is 16.1 Å². The molecule has 0 radical (unpaired) electrons. The molecule has 15 heavy (non-hydrogen) atoms. The molecule has 1 atom stereocenters. The lowest BCUT2D eigenvalue weighted by molar-refractivity contribution is -0.177. The zero-order valence-electron chi connectivity index (χ0n) is 7.12. The standard InChI is InChI=1S/C5H6F4O5S/c1-2(10)14-3(4(6)7)5(8,9)15(11,12)13/h3-4H,1H3,(H,11,12,13)/p-1. The zero-order chi connectivity index (χ0) is 12.4. The molecule has 0 rings (SSSR count). The van der Waals surface area contributed by atoms with Gasteiger partial charge in [-0.05, 0) is 0 Å². The molecule has 0 saturated carbocycles.